The fourth-order valence-corrected chi connectivity index (χ4v) is 1.66. The number of ketones is 1. The first kappa shape index (κ1) is 10.8. The van der Waals surface area contributed by atoms with Crippen LogP contribution in [0.5, 0.6) is 0 Å². The molecule has 0 N–H and O–H groups in total. The molecule has 0 aromatic rings. The number of thioether (sulfide) groups is 1. The summed E-state index contributed by atoms with van der Waals surface area (Å²) in [6.07, 6.45) is 3.71. The maximum absolute atomic E-state index is 10.8. The van der Waals surface area contributed by atoms with Gasteiger partial charge in [-0.15, -0.1) is 11.8 Å². The van der Waals surface area contributed by atoms with Crippen molar-refractivity contribution in [3.8, 4) is 0 Å². The van der Waals surface area contributed by atoms with Crippen LogP contribution in [0.1, 0.15) is 27.7 Å². The van der Waals surface area contributed by atoms with Gasteiger partial charge < -0.3 is 0 Å². The zero-order chi connectivity index (χ0) is 9.07. The SMILES string of the molecule is CS/C(=C/C(C)=O)C(C)(C)C. The molecule has 0 aliphatic carbocycles. The molecule has 0 aromatic carbocycles. The maximum Gasteiger partial charge on any atom is 0.153 e. The Labute approximate surface area is 73.3 Å². The molecule has 0 spiro atoms. The highest BCUT2D eigenvalue weighted by atomic mass is 32.2. The van der Waals surface area contributed by atoms with E-state index in [0.717, 1.165) is 4.91 Å². The second kappa shape index (κ2) is 3.96. The lowest BCUT2D eigenvalue weighted by Crippen LogP contribution is -2.07. The number of rotatable bonds is 2. The van der Waals surface area contributed by atoms with Gasteiger partial charge in [0.05, 0.1) is 0 Å². The van der Waals surface area contributed by atoms with E-state index in [2.05, 4.69) is 20.8 Å². The number of hydrogen-bond donors (Lipinski definition) is 0. The summed E-state index contributed by atoms with van der Waals surface area (Å²) in [6.45, 7) is 7.91. The van der Waals surface area contributed by atoms with Gasteiger partial charge in [0, 0.05) is 0 Å². The van der Waals surface area contributed by atoms with Gasteiger partial charge in [0.25, 0.3) is 0 Å². The summed E-state index contributed by atoms with van der Waals surface area (Å²) in [4.78, 5) is 11.9. The molecule has 0 saturated carbocycles. The summed E-state index contributed by atoms with van der Waals surface area (Å²) in [5.41, 5.74) is 0.102. The Hall–Kier alpha value is -0.240. The average Bonchev–Trinajstić information content (AvgIpc) is 1.79. The molecule has 1 nitrogen and oxygen atoms in total. The van der Waals surface area contributed by atoms with Gasteiger partial charge in [-0.05, 0) is 29.6 Å². The van der Waals surface area contributed by atoms with Gasteiger partial charge in [0.2, 0.25) is 0 Å². The van der Waals surface area contributed by atoms with Crippen molar-refractivity contribution in [2.75, 3.05) is 6.26 Å². The van der Waals surface area contributed by atoms with E-state index >= 15 is 0 Å². The lowest BCUT2D eigenvalue weighted by atomic mass is 9.95. The van der Waals surface area contributed by atoms with Crippen LogP contribution >= 0.6 is 11.8 Å². The standard InChI is InChI=1S/C9H16OS/c1-7(10)6-8(11-5)9(2,3)4/h6H,1-5H3/b8-6+. The minimum atomic E-state index is 0.102. The third-order valence-electron chi connectivity index (χ3n) is 1.29. The summed E-state index contributed by atoms with van der Waals surface area (Å²) in [5, 5.41) is 0. The summed E-state index contributed by atoms with van der Waals surface area (Å²) < 4.78 is 0. The zero-order valence-corrected chi connectivity index (χ0v) is 8.71. The van der Waals surface area contributed by atoms with Crippen LogP contribution in [0.3, 0.4) is 0 Å². The molecule has 0 aliphatic heterocycles. The topological polar surface area (TPSA) is 17.1 Å². The second-order valence-electron chi connectivity index (χ2n) is 3.57. The first-order chi connectivity index (χ1) is 4.88. The number of allylic oxidation sites excluding steroid dienone is 2. The molecule has 11 heavy (non-hydrogen) atoms. The van der Waals surface area contributed by atoms with Crippen LogP contribution in [0, 0.1) is 5.41 Å². The van der Waals surface area contributed by atoms with Crippen molar-refractivity contribution >= 4 is 17.5 Å². The predicted molar refractivity (Wildman–Crippen MR) is 51.7 cm³/mol. The Morgan fingerprint density at radius 3 is 1.91 bits per heavy atom. The molecule has 0 saturated heterocycles. The molecule has 0 aliphatic rings. The van der Waals surface area contributed by atoms with E-state index in [4.69, 9.17) is 0 Å². The molecule has 0 fully saturated rings. The van der Waals surface area contributed by atoms with Crippen molar-refractivity contribution in [3.63, 3.8) is 0 Å². The Balaban J connectivity index is 4.54. The highest BCUT2D eigenvalue weighted by Gasteiger charge is 2.16. The largest absolute Gasteiger partial charge is 0.295 e. The molecule has 0 heterocycles. The lowest BCUT2D eigenvalue weighted by molar-refractivity contribution is -0.112. The van der Waals surface area contributed by atoms with Crippen LogP contribution < -0.4 is 0 Å². The summed E-state index contributed by atoms with van der Waals surface area (Å²) in [5.74, 6) is 0.129. The van der Waals surface area contributed by atoms with Crippen LogP contribution in [0.25, 0.3) is 0 Å². The lowest BCUT2D eigenvalue weighted by Gasteiger charge is -2.20. The fraction of sp³-hybridized carbons (Fsp3) is 0.667. The Bertz CT molecular complexity index is 174. The van der Waals surface area contributed by atoms with Gasteiger partial charge in [-0.25, -0.2) is 0 Å². The van der Waals surface area contributed by atoms with E-state index in [0.29, 0.717) is 0 Å². The van der Waals surface area contributed by atoms with E-state index in [1.54, 1.807) is 24.8 Å². The van der Waals surface area contributed by atoms with Gasteiger partial charge in [0.1, 0.15) is 0 Å². The van der Waals surface area contributed by atoms with Gasteiger partial charge in [-0.2, -0.15) is 0 Å². The van der Waals surface area contributed by atoms with Gasteiger partial charge in [-0.3, -0.25) is 4.79 Å². The maximum atomic E-state index is 10.8. The first-order valence-electron chi connectivity index (χ1n) is 3.64. The third kappa shape index (κ3) is 4.25. The van der Waals surface area contributed by atoms with Crippen molar-refractivity contribution in [2.24, 2.45) is 5.41 Å². The van der Waals surface area contributed by atoms with Crippen LogP contribution in [-0.4, -0.2) is 12.0 Å². The molecule has 0 bridgehead atoms. The molecule has 0 rings (SSSR count). The normalized spacial score (nSPS) is 13.4. The first-order valence-corrected chi connectivity index (χ1v) is 4.87. The van der Waals surface area contributed by atoms with Gasteiger partial charge in [0.15, 0.2) is 5.78 Å². The minimum absolute atomic E-state index is 0.102. The Morgan fingerprint density at radius 1 is 1.36 bits per heavy atom. The molecule has 0 unspecified atom stereocenters. The minimum Gasteiger partial charge on any atom is -0.295 e. The van der Waals surface area contributed by atoms with Crippen molar-refractivity contribution in [3.05, 3.63) is 11.0 Å². The van der Waals surface area contributed by atoms with E-state index in [9.17, 15) is 4.79 Å². The zero-order valence-electron chi connectivity index (χ0n) is 7.89. The summed E-state index contributed by atoms with van der Waals surface area (Å²) >= 11 is 1.65. The molecule has 64 valence electrons. The van der Waals surface area contributed by atoms with E-state index in [1.807, 2.05) is 6.26 Å². The average molecular weight is 172 g/mol. The Kier molecular flexibility index (Phi) is 3.87. The van der Waals surface area contributed by atoms with Crippen molar-refractivity contribution in [1.82, 2.24) is 0 Å². The molecular formula is C9H16OS. The van der Waals surface area contributed by atoms with Crippen molar-refractivity contribution in [2.45, 2.75) is 27.7 Å². The number of carbonyl (C=O) groups is 1. The fourth-order valence-electron chi connectivity index (χ4n) is 0.766. The quantitative estimate of drug-likeness (QED) is 0.596. The highest BCUT2D eigenvalue weighted by Crippen LogP contribution is 2.32. The molecular weight excluding hydrogens is 156 g/mol. The van der Waals surface area contributed by atoms with Crippen molar-refractivity contribution in [1.29, 1.82) is 0 Å². The van der Waals surface area contributed by atoms with Gasteiger partial charge >= 0.3 is 0 Å². The smallest absolute Gasteiger partial charge is 0.153 e. The monoisotopic (exact) mass is 172 g/mol. The van der Waals surface area contributed by atoms with Crippen LogP contribution in [0.4, 0.5) is 0 Å². The van der Waals surface area contributed by atoms with E-state index in [1.165, 1.54) is 0 Å². The number of hydrogen-bond acceptors (Lipinski definition) is 2. The van der Waals surface area contributed by atoms with Crippen LogP contribution in [0.15, 0.2) is 11.0 Å². The summed E-state index contributed by atoms with van der Waals surface area (Å²) in [6, 6.07) is 0. The molecule has 0 amide bonds. The predicted octanol–water partition coefficient (Wildman–Crippen LogP) is 2.87. The van der Waals surface area contributed by atoms with E-state index in [-0.39, 0.29) is 11.2 Å². The molecule has 0 atom stereocenters. The Morgan fingerprint density at radius 2 is 1.82 bits per heavy atom. The second-order valence-corrected chi connectivity index (χ2v) is 4.42. The highest BCUT2D eigenvalue weighted by molar-refractivity contribution is 8.02. The molecule has 0 radical (unpaired) electrons. The molecule has 0 aromatic heterocycles. The third-order valence-corrected chi connectivity index (χ3v) is 2.46. The number of carbonyl (C=O) groups excluding carboxylic acids is 1. The van der Waals surface area contributed by atoms with Crippen LogP contribution in [0.2, 0.25) is 0 Å². The van der Waals surface area contributed by atoms with E-state index < -0.39 is 0 Å². The molecule has 2 heteroatoms. The van der Waals surface area contributed by atoms with Crippen LogP contribution in [-0.2, 0) is 4.79 Å². The van der Waals surface area contributed by atoms with Gasteiger partial charge in [-0.1, -0.05) is 20.8 Å². The summed E-state index contributed by atoms with van der Waals surface area (Å²) in [7, 11) is 0. The van der Waals surface area contributed by atoms with Crippen molar-refractivity contribution < 1.29 is 4.79 Å².